The van der Waals surface area contributed by atoms with E-state index in [1.165, 1.54) is 12.3 Å². The Morgan fingerprint density at radius 2 is 1.92 bits per heavy atom. The number of aliphatic hydroxyl groups excluding tert-OH is 1. The highest BCUT2D eigenvalue weighted by atomic mass is 35.5. The highest BCUT2D eigenvalue weighted by molar-refractivity contribution is 6.30. The van der Waals surface area contributed by atoms with E-state index in [0.29, 0.717) is 31.0 Å². The van der Waals surface area contributed by atoms with Crippen LogP contribution in [0, 0.1) is 11.7 Å². The lowest BCUT2D eigenvalue weighted by Gasteiger charge is -2.34. The number of piperidine rings is 1. The molecule has 126 valence electrons. The molecule has 1 atom stereocenters. The van der Waals surface area contributed by atoms with Gasteiger partial charge in [-0.05, 0) is 42.5 Å². The number of halogens is 2. The minimum atomic E-state index is -0.606. The third kappa shape index (κ3) is 3.57. The van der Waals surface area contributed by atoms with Crippen molar-refractivity contribution >= 4 is 17.5 Å². The van der Waals surface area contributed by atoms with Gasteiger partial charge in [0.1, 0.15) is 0 Å². The van der Waals surface area contributed by atoms with Gasteiger partial charge in [0.05, 0.1) is 17.9 Å². The third-order valence-electron chi connectivity index (χ3n) is 4.49. The molecule has 1 unspecified atom stereocenters. The molecule has 1 amide bonds. The van der Waals surface area contributed by atoms with Gasteiger partial charge < -0.3 is 10.0 Å². The first-order valence-electron chi connectivity index (χ1n) is 7.88. The smallest absolute Gasteiger partial charge is 0.256 e. The van der Waals surface area contributed by atoms with Crippen molar-refractivity contribution in [1.29, 1.82) is 0 Å². The molecule has 1 aromatic carbocycles. The van der Waals surface area contributed by atoms with Crippen LogP contribution in [0.4, 0.5) is 4.39 Å². The minimum absolute atomic E-state index is 0.0432. The number of amides is 1. The Morgan fingerprint density at radius 3 is 2.54 bits per heavy atom. The van der Waals surface area contributed by atoms with Gasteiger partial charge in [0, 0.05) is 24.3 Å². The lowest BCUT2D eigenvalue weighted by atomic mass is 9.87. The average molecular weight is 349 g/mol. The molecule has 4 nitrogen and oxygen atoms in total. The van der Waals surface area contributed by atoms with Crippen molar-refractivity contribution in [1.82, 2.24) is 9.88 Å². The van der Waals surface area contributed by atoms with Gasteiger partial charge in [-0.25, -0.2) is 4.39 Å². The number of aromatic nitrogens is 1. The molecule has 3 rings (SSSR count). The second-order valence-corrected chi connectivity index (χ2v) is 6.42. The third-order valence-corrected chi connectivity index (χ3v) is 4.74. The number of aliphatic hydroxyl groups is 1. The van der Waals surface area contributed by atoms with Crippen LogP contribution in [0.5, 0.6) is 0 Å². The molecule has 2 heterocycles. The number of benzene rings is 1. The molecular weight excluding hydrogens is 331 g/mol. The SMILES string of the molecule is O=C(c1ccncc1F)N1CCC(C(O)c2ccc(Cl)cc2)CC1. The predicted molar refractivity (Wildman–Crippen MR) is 89.2 cm³/mol. The van der Waals surface area contributed by atoms with Crippen LogP contribution < -0.4 is 0 Å². The standard InChI is InChI=1S/C18H18ClFN2O2/c19-14-3-1-12(2-4-14)17(23)13-6-9-22(10-7-13)18(24)15-5-8-21-11-16(15)20/h1-5,8,11,13,17,23H,6-7,9-10H2. The van der Waals surface area contributed by atoms with Gasteiger partial charge in [-0.1, -0.05) is 23.7 Å². The number of hydrogen-bond donors (Lipinski definition) is 1. The molecule has 1 aromatic heterocycles. The molecule has 1 fully saturated rings. The Kier molecular flexibility index (Phi) is 5.11. The fourth-order valence-electron chi connectivity index (χ4n) is 3.07. The van der Waals surface area contributed by atoms with Crippen LogP contribution in [-0.4, -0.2) is 34.0 Å². The maximum absolute atomic E-state index is 13.7. The van der Waals surface area contributed by atoms with Crippen LogP contribution in [0.1, 0.15) is 34.9 Å². The Balaban J connectivity index is 1.62. The van der Waals surface area contributed by atoms with Crippen molar-refractivity contribution in [2.45, 2.75) is 18.9 Å². The summed E-state index contributed by atoms with van der Waals surface area (Å²) < 4.78 is 13.7. The van der Waals surface area contributed by atoms with E-state index in [4.69, 9.17) is 11.6 Å². The van der Waals surface area contributed by atoms with E-state index in [2.05, 4.69) is 4.98 Å². The zero-order chi connectivity index (χ0) is 17.1. The monoisotopic (exact) mass is 348 g/mol. The maximum Gasteiger partial charge on any atom is 0.256 e. The summed E-state index contributed by atoms with van der Waals surface area (Å²) in [6.45, 7) is 0.992. The molecule has 0 saturated carbocycles. The van der Waals surface area contributed by atoms with E-state index >= 15 is 0 Å². The van der Waals surface area contributed by atoms with Gasteiger partial charge in [0.25, 0.3) is 5.91 Å². The fraction of sp³-hybridized carbons (Fsp3) is 0.333. The van der Waals surface area contributed by atoms with Crippen LogP contribution in [0.2, 0.25) is 5.02 Å². The lowest BCUT2D eigenvalue weighted by Crippen LogP contribution is -2.40. The van der Waals surface area contributed by atoms with Gasteiger partial charge in [0.15, 0.2) is 5.82 Å². The quantitative estimate of drug-likeness (QED) is 0.924. The van der Waals surface area contributed by atoms with Crippen LogP contribution >= 0.6 is 11.6 Å². The summed E-state index contributed by atoms with van der Waals surface area (Å²) in [7, 11) is 0. The number of rotatable bonds is 3. The van der Waals surface area contributed by atoms with Crippen molar-refractivity contribution in [3.05, 3.63) is 64.7 Å². The molecule has 0 bridgehead atoms. The van der Waals surface area contributed by atoms with Crippen LogP contribution in [0.25, 0.3) is 0 Å². The molecule has 24 heavy (non-hydrogen) atoms. The zero-order valence-corrected chi connectivity index (χ0v) is 13.8. The van der Waals surface area contributed by atoms with Crippen LogP contribution in [0.15, 0.2) is 42.7 Å². The van der Waals surface area contributed by atoms with Crippen molar-refractivity contribution in [3.8, 4) is 0 Å². The Labute approximate surface area is 144 Å². The molecular formula is C18H18ClFN2O2. The number of nitrogens with zero attached hydrogens (tertiary/aromatic N) is 2. The molecule has 1 saturated heterocycles. The number of likely N-dealkylation sites (tertiary alicyclic amines) is 1. The molecule has 6 heteroatoms. The van der Waals surface area contributed by atoms with Gasteiger partial charge in [-0.2, -0.15) is 0 Å². The molecule has 1 aliphatic rings. The average Bonchev–Trinajstić information content (AvgIpc) is 2.62. The number of pyridine rings is 1. The van der Waals surface area contributed by atoms with E-state index in [9.17, 15) is 14.3 Å². The summed E-state index contributed by atoms with van der Waals surface area (Å²) in [6.07, 6.45) is 3.21. The molecule has 0 spiro atoms. The van der Waals surface area contributed by atoms with E-state index in [0.717, 1.165) is 11.8 Å². The number of hydrogen-bond acceptors (Lipinski definition) is 3. The van der Waals surface area contributed by atoms with E-state index in [-0.39, 0.29) is 17.4 Å². The highest BCUT2D eigenvalue weighted by Crippen LogP contribution is 2.31. The van der Waals surface area contributed by atoms with Crippen molar-refractivity contribution in [3.63, 3.8) is 0 Å². The second-order valence-electron chi connectivity index (χ2n) is 5.98. The fourth-order valence-corrected chi connectivity index (χ4v) is 3.20. The first kappa shape index (κ1) is 16.9. The first-order valence-corrected chi connectivity index (χ1v) is 8.26. The molecule has 1 aliphatic heterocycles. The van der Waals surface area contributed by atoms with Crippen LogP contribution in [0.3, 0.4) is 0 Å². The van der Waals surface area contributed by atoms with E-state index in [1.54, 1.807) is 17.0 Å². The summed E-state index contributed by atoms with van der Waals surface area (Å²) in [5, 5.41) is 11.1. The van der Waals surface area contributed by atoms with Gasteiger partial charge in [-0.15, -0.1) is 0 Å². The van der Waals surface area contributed by atoms with E-state index < -0.39 is 11.9 Å². The van der Waals surface area contributed by atoms with Crippen molar-refractivity contribution in [2.24, 2.45) is 5.92 Å². The topological polar surface area (TPSA) is 53.4 Å². The van der Waals surface area contributed by atoms with E-state index in [1.807, 2.05) is 12.1 Å². The van der Waals surface area contributed by atoms with Gasteiger partial charge >= 0.3 is 0 Å². The van der Waals surface area contributed by atoms with Crippen LogP contribution in [-0.2, 0) is 0 Å². The number of carbonyl (C=O) groups is 1. The largest absolute Gasteiger partial charge is 0.388 e. The summed E-state index contributed by atoms with van der Waals surface area (Å²) in [5.41, 5.74) is 0.867. The summed E-state index contributed by atoms with van der Waals surface area (Å²) in [6, 6.07) is 8.54. The predicted octanol–water partition coefficient (Wildman–Crippen LogP) is 3.46. The first-order chi connectivity index (χ1) is 11.6. The van der Waals surface area contributed by atoms with Crippen molar-refractivity contribution < 1.29 is 14.3 Å². The Bertz CT molecular complexity index is 715. The summed E-state index contributed by atoms with van der Waals surface area (Å²) in [5.74, 6) is -0.863. The second kappa shape index (κ2) is 7.28. The highest BCUT2D eigenvalue weighted by Gasteiger charge is 2.29. The maximum atomic E-state index is 13.7. The Morgan fingerprint density at radius 1 is 1.25 bits per heavy atom. The van der Waals surface area contributed by atoms with Gasteiger partial charge in [0.2, 0.25) is 0 Å². The Hall–Kier alpha value is -1.98. The lowest BCUT2D eigenvalue weighted by molar-refractivity contribution is 0.0459. The molecule has 2 aromatic rings. The number of carbonyl (C=O) groups excluding carboxylic acids is 1. The molecule has 1 N–H and O–H groups in total. The summed E-state index contributed by atoms with van der Waals surface area (Å²) in [4.78, 5) is 17.7. The molecule has 0 aliphatic carbocycles. The minimum Gasteiger partial charge on any atom is -0.388 e. The van der Waals surface area contributed by atoms with Crippen molar-refractivity contribution in [2.75, 3.05) is 13.1 Å². The molecule has 0 radical (unpaired) electrons. The van der Waals surface area contributed by atoms with Gasteiger partial charge in [-0.3, -0.25) is 9.78 Å². The normalized spacial score (nSPS) is 16.9. The zero-order valence-electron chi connectivity index (χ0n) is 13.0. The summed E-state index contributed by atoms with van der Waals surface area (Å²) >= 11 is 5.87.